The molecule has 3 heteroatoms. The molecule has 1 aromatic rings. The monoisotopic (exact) mass is 183 g/mol. The summed E-state index contributed by atoms with van der Waals surface area (Å²) in [6.45, 7) is 5.82. The number of hydrogen-bond acceptors (Lipinski definition) is 3. The maximum Gasteiger partial charge on any atom is 0.125 e. The Balaban J connectivity index is 2.69. The molecule has 0 aliphatic carbocycles. The minimum atomic E-state index is -0.277. The molecule has 66 valence electrons. The van der Waals surface area contributed by atoms with Crippen molar-refractivity contribution in [3.63, 3.8) is 0 Å². The fourth-order valence-electron chi connectivity index (χ4n) is 0.998. The number of carbonyl (C=O) groups is 1. The number of carbonyl (C=O) groups excluding carboxylic acids is 1. The van der Waals surface area contributed by atoms with Crippen LogP contribution in [0.15, 0.2) is 5.38 Å². The van der Waals surface area contributed by atoms with Gasteiger partial charge in [0.25, 0.3) is 0 Å². The summed E-state index contributed by atoms with van der Waals surface area (Å²) in [5.41, 5.74) is 0.746. The number of rotatable bonds is 3. The molecular formula is C9H13NOS. The van der Waals surface area contributed by atoms with Crippen molar-refractivity contribution in [2.24, 2.45) is 5.41 Å². The third-order valence-corrected chi connectivity index (χ3v) is 2.44. The van der Waals surface area contributed by atoms with Crippen LogP contribution in [-0.4, -0.2) is 11.3 Å². The molecule has 12 heavy (non-hydrogen) atoms. The molecule has 0 spiro atoms. The number of thiazole rings is 1. The van der Waals surface area contributed by atoms with Crippen molar-refractivity contribution in [2.45, 2.75) is 27.2 Å². The molecular weight excluding hydrogens is 170 g/mol. The zero-order chi connectivity index (χ0) is 9.19. The molecule has 0 fully saturated rings. The van der Waals surface area contributed by atoms with Gasteiger partial charge in [0, 0.05) is 17.2 Å². The minimum Gasteiger partial charge on any atom is -0.303 e. The van der Waals surface area contributed by atoms with Gasteiger partial charge in [-0.3, -0.25) is 0 Å². The van der Waals surface area contributed by atoms with Crippen LogP contribution >= 0.6 is 11.3 Å². The van der Waals surface area contributed by atoms with Crippen LogP contribution < -0.4 is 0 Å². The topological polar surface area (TPSA) is 30.0 Å². The van der Waals surface area contributed by atoms with E-state index in [2.05, 4.69) is 4.98 Å². The predicted molar refractivity (Wildman–Crippen MR) is 50.4 cm³/mol. The first kappa shape index (κ1) is 9.39. The summed E-state index contributed by atoms with van der Waals surface area (Å²) in [6.07, 6.45) is 1.72. The van der Waals surface area contributed by atoms with E-state index >= 15 is 0 Å². The second-order valence-corrected chi connectivity index (χ2v) is 4.70. The van der Waals surface area contributed by atoms with E-state index < -0.39 is 0 Å². The lowest BCUT2D eigenvalue weighted by atomic mass is 9.90. The number of aldehydes is 1. The van der Waals surface area contributed by atoms with Crippen molar-refractivity contribution in [2.75, 3.05) is 0 Å². The lowest BCUT2D eigenvalue weighted by molar-refractivity contribution is -0.114. The fourth-order valence-corrected chi connectivity index (χ4v) is 1.61. The molecule has 1 rings (SSSR count). The van der Waals surface area contributed by atoms with E-state index in [-0.39, 0.29) is 5.41 Å². The Kier molecular flexibility index (Phi) is 2.62. The van der Waals surface area contributed by atoms with E-state index in [1.165, 1.54) is 0 Å². The van der Waals surface area contributed by atoms with Gasteiger partial charge in [-0.25, -0.2) is 4.98 Å². The predicted octanol–water partition coefficient (Wildman–Crippen LogP) is 2.22. The minimum absolute atomic E-state index is 0.277. The van der Waals surface area contributed by atoms with E-state index in [0.717, 1.165) is 23.4 Å². The Morgan fingerprint density at radius 1 is 1.67 bits per heavy atom. The van der Waals surface area contributed by atoms with Crippen LogP contribution in [0.3, 0.4) is 0 Å². The Morgan fingerprint density at radius 2 is 2.33 bits per heavy atom. The van der Waals surface area contributed by atoms with E-state index in [1.54, 1.807) is 11.3 Å². The molecule has 0 bridgehead atoms. The van der Waals surface area contributed by atoms with Crippen LogP contribution in [-0.2, 0) is 11.2 Å². The zero-order valence-electron chi connectivity index (χ0n) is 7.63. The van der Waals surface area contributed by atoms with Gasteiger partial charge >= 0.3 is 0 Å². The summed E-state index contributed by atoms with van der Waals surface area (Å²) in [4.78, 5) is 14.9. The second kappa shape index (κ2) is 3.35. The standard InChI is InChI=1S/C9H13NOS/c1-7-10-8(5-12-7)4-9(2,3)6-11/h5-6H,4H2,1-3H3. The Hall–Kier alpha value is -0.700. The lowest BCUT2D eigenvalue weighted by Gasteiger charge is -2.13. The molecule has 0 amide bonds. The molecule has 0 aliphatic heterocycles. The highest BCUT2D eigenvalue weighted by molar-refractivity contribution is 7.09. The first-order chi connectivity index (χ1) is 5.53. The van der Waals surface area contributed by atoms with Gasteiger partial charge in [-0.05, 0) is 6.92 Å². The molecule has 2 nitrogen and oxygen atoms in total. The van der Waals surface area contributed by atoms with Crippen molar-refractivity contribution in [3.8, 4) is 0 Å². The molecule has 0 radical (unpaired) electrons. The summed E-state index contributed by atoms with van der Waals surface area (Å²) < 4.78 is 0. The smallest absolute Gasteiger partial charge is 0.125 e. The van der Waals surface area contributed by atoms with E-state index in [0.29, 0.717) is 0 Å². The first-order valence-corrected chi connectivity index (χ1v) is 4.79. The van der Waals surface area contributed by atoms with Crippen LogP contribution in [0.1, 0.15) is 24.5 Å². The normalized spacial score (nSPS) is 11.6. The summed E-state index contributed by atoms with van der Waals surface area (Å²) in [7, 11) is 0. The van der Waals surface area contributed by atoms with Gasteiger partial charge in [0.2, 0.25) is 0 Å². The average Bonchev–Trinajstić information content (AvgIpc) is 2.35. The lowest BCUT2D eigenvalue weighted by Crippen LogP contribution is -2.16. The average molecular weight is 183 g/mol. The Morgan fingerprint density at radius 3 is 2.75 bits per heavy atom. The molecule has 0 aromatic carbocycles. The SMILES string of the molecule is Cc1nc(CC(C)(C)C=O)cs1. The van der Waals surface area contributed by atoms with E-state index in [9.17, 15) is 4.79 Å². The van der Waals surface area contributed by atoms with Gasteiger partial charge in [0.15, 0.2) is 0 Å². The number of nitrogens with zero attached hydrogens (tertiary/aromatic N) is 1. The van der Waals surface area contributed by atoms with Crippen LogP contribution in [0.4, 0.5) is 0 Å². The van der Waals surface area contributed by atoms with Crippen molar-refractivity contribution in [1.82, 2.24) is 4.98 Å². The summed E-state index contributed by atoms with van der Waals surface area (Å²) in [6, 6.07) is 0. The third kappa shape index (κ3) is 2.41. The molecule has 0 saturated carbocycles. The Bertz CT molecular complexity index is 278. The van der Waals surface area contributed by atoms with Crippen molar-refractivity contribution in [3.05, 3.63) is 16.1 Å². The highest BCUT2D eigenvalue weighted by Crippen LogP contribution is 2.20. The molecule has 1 heterocycles. The maximum atomic E-state index is 10.6. The summed E-state index contributed by atoms with van der Waals surface area (Å²) >= 11 is 1.63. The van der Waals surface area contributed by atoms with Crippen LogP contribution in [0.25, 0.3) is 0 Å². The van der Waals surface area contributed by atoms with Gasteiger partial charge in [-0.2, -0.15) is 0 Å². The largest absolute Gasteiger partial charge is 0.303 e. The quantitative estimate of drug-likeness (QED) is 0.672. The van der Waals surface area contributed by atoms with Gasteiger partial charge in [0.1, 0.15) is 6.29 Å². The highest BCUT2D eigenvalue weighted by atomic mass is 32.1. The van der Waals surface area contributed by atoms with Crippen molar-refractivity contribution < 1.29 is 4.79 Å². The van der Waals surface area contributed by atoms with Crippen LogP contribution in [0.5, 0.6) is 0 Å². The van der Waals surface area contributed by atoms with Gasteiger partial charge in [0.05, 0.1) is 10.7 Å². The van der Waals surface area contributed by atoms with E-state index in [1.807, 2.05) is 26.2 Å². The fraction of sp³-hybridized carbons (Fsp3) is 0.556. The summed E-state index contributed by atoms with van der Waals surface area (Å²) in [5.74, 6) is 0. The third-order valence-electron chi connectivity index (χ3n) is 1.62. The van der Waals surface area contributed by atoms with Gasteiger partial charge in [-0.15, -0.1) is 11.3 Å². The van der Waals surface area contributed by atoms with Gasteiger partial charge in [-0.1, -0.05) is 13.8 Å². The summed E-state index contributed by atoms with van der Waals surface area (Å²) in [5, 5.41) is 3.08. The van der Waals surface area contributed by atoms with Crippen molar-refractivity contribution >= 4 is 17.6 Å². The number of hydrogen-bond donors (Lipinski definition) is 0. The molecule has 0 unspecified atom stereocenters. The van der Waals surface area contributed by atoms with E-state index in [4.69, 9.17) is 0 Å². The number of aromatic nitrogens is 1. The van der Waals surface area contributed by atoms with Gasteiger partial charge < -0.3 is 4.79 Å². The molecule has 0 atom stereocenters. The zero-order valence-corrected chi connectivity index (χ0v) is 8.44. The second-order valence-electron chi connectivity index (χ2n) is 3.64. The molecule has 1 aromatic heterocycles. The molecule has 0 saturated heterocycles. The van der Waals surface area contributed by atoms with Crippen LogP contribution in [0.2, 0.25) is 0 Å². The van der Waals surface area contributed by atoms with Crippen LogP contribution in [0, 0.1) is 12.3 Å². The van der Waals surface area contributed by atoms with Crippen molar-refractivity contribution in [1.29, 1.82) is 0 Å². The molecule has 0 N–H and O–H groups in total. The maximum absolute atomic E-state index is 10.6. The molecule has 0 aliphatic rings. The highest BCUT2D eigenvalue weighted by Gasteiger charge is 2.18. The first-order valence-electron chi connectivity index (χ1n) is 3.91. The Labute approximate surface area is 76.6 Å². The number of aryl methyl sites for hydroxylation is 1.